The molecule has 0 saturated carbocycles. The lowest BCUT2D eigenvalue weighted by Gasteiger charge is -2.43. The molecule has 104 valence electrons. The second-order valence-electron chi connectivity index (χ2n) is 5.31. The molecule has 1 aliphatic rings. The van der Waals surface area contributed by atoms with Gasteiger partial charge in [0.1, 0.15) is 11.2 Å². The molecule has 0 spiro atoms. The average Bonchev–Trinajstić information content (AvgIpc) is 2.30. The third kappa shape index (κ3) is 2.67. The smallest absolute Gasteiger partial charge is 0.256 e. The van der Waals surface area contributed by atoms with Crippen molar-refractivity contribution in [1.82, 2.24) is 9.47 Å². The fourth-order valence-electron chi connectivity index (χ4n) is 2.37. The van der Waals surface area contributed by atoms with Gasteiger partial charge in [-0.2, -0.15) is 4.99 Å². The average molecular weight is 284 g/mol. The summed E-state index contributed by atoms with van der Waals surface area (Å²) < 4.78 is 6.86. The maximum Gasteiger partial charge on any atom is 0.256 e. The standard InChI is InChI=1S/C13H18ClN3O2/c1-13(7-16(2)8-13)12(18)15-11-5-10(19-4)9(14)6-17(11)3/h5-6H,7-8H2,1-4H3/b15-11+. The molecule has 2 rings (SSSR count). The Kier molecular flexibility index (Phi) is 3.69. The molecule has 6 heteroatoms. The molecule has 0 N–H and O–H groups in total. The Morgan fingerprint density at radius 3 is 2.63 bits per heavy atom. The minimum Gasteiger partial charge on any atom is -0.495 e. The number of amides is 1. The van der Waals surface area contributed by atoms with Crippen LogP contribution in [0.15, 0.2) is 17.3 Å². The number of hydrogen-bond donors (Lipinski definition) is 0. The molecule has 0 unspecified atom stereocenters. The van der Waals surface area contributed by atoms with Gasteiger partial charge in [-0.15, -0.1) is 0 Å². The van der Waals surface area contributed by atoms with Crippen LogP contribution in [0.4, 0.5) is 0 Å². The number of carbonyl (C=O) groups is 1. The number of rotatable bonds is 2. The summed E-state index contributed by atoms with van der Waals surface area (Å²) >= 11 is 6.01. The summed E-state index contributed by atoms with van der Waals surface area (Å²) in [5, 5.41) is 0.492. The van der Waals surface area contributed by atoms with Crippen LogP contribution < -0.4 is 10.2 Å². The van der Waals surface area contributed by atoms with Crippen LogP contribution in [-0.4, -0.2) is 42.6 Å². The van der Waals surface area contributed by atoms with Crippen LogP contribution in [-0.2, 0) is 11.8 Å². The third-order valence-electron chi connectivity index (χ3n) is 3.35. The van der Waals surface area contributed by atoms with Gasteiger partial charge in [0.05, 0.1) is 17.5 Å². The summed E-state index contributed by atoms with van der Waals surface area (Å²) in [6, 6.07) is 1.67. The Hall–Kier alpha value is -1.33. The number of nitrogens with zero attached hydrogens (tertiary/aromatic N) is 3. The summed E-state index contributed by atoms with van der Waals surface area (Å²) in [4.78, 5) is 18.5. The van der Waals surface area contributed by atoms with Crippen molar-refractivity contribution in [1.29, 1.82) is 0 Å². The summed E-state index contributed by atoms with van der Waals surface area (Å²) in [5.41, 5.74) is 0.163. The molecule has 1 fully saturated rings. The van der Waals surface area contributed by atoms with Crippen LogP contribution in [0.2, 0.25) is 5.02 Å². The first-order valence-corrected chi connectivity index (χ1v) is 6.41. The van der Waals surface area contributed by atoms with Crippen molar-refractivity contribution in [2.24, 2.45) is 17.5 Å². The monoisotopic (exact) mass is 283 g/mol. The number of hydrogen-bond acceptors (Lipinski definition) is 3. The molecule has 5 nitrogen and oxygen atoms in total. The second kappa shape index (κ2) is 4.98. The van der Waals surface area contributed by atoms with E-state index in [4.69, 9.17) is 16.3 Å². The topological polar surface area (TPSA) is 46.8 Å². The van der Waals surface area contributed by atoms with Gasteiger partial charge in [-0.25, -0.2) is 0 Å². The van der Waals surface area contributed by atoms with E-state index in [2.05, 4.69) is 9.89 Å². The van der Waals surface area contributed by atoms with E-state index in [1.165, 1.54) is 7.11 Å². The molecule has 1 aromatic rings. The molecule has 0 atom stereocenters. The highest BCUT2D eigenvalue weighted by molar-refractivity contribution is 6.31. The first-order chi connectivity index (χ1) is 8.85. The maximum absolute atomic E-state index is 12.2. The lowest BCUT2D eigenvalue weighted by Crippen LogP contribution is -2.56. The summed E-state index contributed by atoms with van der Waals surface area (Å²) in [6.45, 7) is 3.42. The summed E-state index contributed by atoms with van der Waals surface area (Å²) in [5.74, 6) is 0.410. The Labute approximate surface area is 117 Å². The highest BCUT2D eigenvalue weighted by atomic mass is 35.5. The quantitative estimate of drug-likeness (QED) is 0.816. The normalized spacial score (nSPS) is 19.1. The molecule has 1 amide bonds. The van der Waals surface area contributed by atoms with Crippen LogP contribution in [0.5, 0.6) is 5.75 Å². The number of pyridine rings is 1. The first kappa shape index (κ1) is 14.1. The van der Waals surface area contributed by atoms with Crippen molar-refractivity contribution in [2.45, 2.75) is 6.92 Å². The second-order valence-corrected chi connectivity index (χ2v) is 5.72. The zero-order chi connectivity index (χ0) is 14.2. The number of ether oxygens (including phenoxy) is 1. The third-order valence-corrected chi connectivity index (χ3v) is 3.64. The lowest BCUT2D eigenvalue weighted by molar-refractivity contribution is -0.135. The van der Waals surface area contributed by atoms with Crippen LogP contribution >= 0.6 is 11.6 Å². The molecular formula is C13H18ClN3O2. The zero-order valence-electron chi connectivity index (χ0n) is 11.6. The minimum absolute atomic E-state index is 0.106. The first-order valence-electron chi connectivity index (χ1n) is 6.03. The van der Waals surface area contributed by atoms with Crippen molar-refractivity contribution in [3.05, 3.63) is 22.8 Å². The van der Waals surface area contributed by atoms with E-state index < -0.39 is 0 Å². The summed E-state index contributed by atoms with van der Waals surface area (Å²) in [7, 11) is 5.32. The van der Waals surface area contributed by atoms with Gasteiger partial charge in [-0.3, -0.25) is 4.79 Å². The van der Waals surface area contributed by atoms with Crippen LogP contribution in [0, 0.1) is 5.41 Å². The molecule has 0 radical (unpaired) electrons. The number of carbonyl (C=O) groups excluding carboxylic acids is 1. The predicted octanol–water partition coefficient (Wildman–Crippen LogP) is 1.07. The van der Waals surface area contributed by atoms with Gasteiger partial charge in [-0.05, 0) is 14.0 Å². The van der Waals surface area contributed by atoms with Gasteiger partial charge in [0, 0.05) is 32.4 Å². The van der Waals surface area contributed by atoms with Crippen molar-refractivity contribution >= 4 is 17.5 Å². The molecule has 1 aromatic heterocycles. The van der Waals surface area contributed by atoms with Gasteiger partial charge < -0.3 is 14.2 Å². The molecule has 19 heavy (non-hydrogen) atoms. The molecular weight excluding hydrogens is 266 g/mol. The summed E-state index contributed by atoms with van der Waals surface area (Å²) in [6.07, 6.45) is 1.68. The van der Waals surface area contributed by atoms with E-state index in [-0.39, 0.29) is 11.3 Å². The van der Waals surface area contributed by atoms with E-state index in [1.54, 1.807) is 23.9 Å². The van der Waals surface area contributed by atoms with Crippen molar-refractivity contribution in [3.8, 4) is 5.75 Å². The Bertz CT molecular complexity index is 574. The number of methoxy groups -OCH3 is 1. The fourth-order valence-corrected chi connectivity index (χ4v) is 2.65. The highest BCUT2D eigenvalue weighted by Gasteiger charge is 2.43. The number of halogens is 1. The van der Waals surface area contributed by atoms with Crippen LogP contribution in [0.25, 0.3) is 0 Å². The van der Waals surface area contributed by atoms with Gasteiger partial charge in [0.25, 0.3) is 5.91 Å². The van der Waals surface area contributed by atoms with E-state index in [0.717, 1.165) is 13.1 Å². The number of aromatic nitrogens is 1. The molecule has 0 bridgehead atoms. The van der Waals surface area contributed by atoms with E-state index >= 15 is 0 Å². The Morgan fingerprint density at radius 2 is 2.11 bits per heavy atom. The Balaban J connectivity index is 2.36. The molecule has 0 aliphatic carbocycles. The van der Waals surface area contributed by atoms with Gasteiger partial charge in [0.15, 0.2) is 0 Å². The van der Waals surface area contributed by atoms with Gasteiger partial charge >= 0.3 is 0 Å². The van der Waals surface area contributed by atoms with Crippen LogP contribution in [0.3, 0.4) is 0 Å². The molecule has 2 heterocycles. The zero-order valence-corrected chi connectivity index (χ0v) is 12.4. The SMILES string of the molecule is COc1c/c(=N\C(=O)C2(C)CN(C)C2)n(C)cc1Cl. The Morgan fingerprint density at radius 1 is 1.47 bits per heavy atom. The molecule has 1 saturated heterocycles. The van der Waals surface area contributed by atoms with Crippen molar-refractivity contribution in [2.75, 3.05) is 27.2 Å². The van der Waals surface area contributed by atoms with Crippen molar-refractivity contribution in [3.63, 3.8) is 0 Å². The number of likely N-dealkylation sites (tertiary alicyclic amines) is 1. The van der Waals surface area contributed by atoms with Crippen LogP contribution in [0.1, 0.15) is 6.92 Å². The van der Waals surface area contributed by atoms with E-state index in [0.29, 0.717) is 16.3 Å². The fraction of sp³-hybridized carbons (Fsp3) is 0.538. The van der Waals surface area contributed by atoms with Gasteiger partial charge in [-0.1, -0.05) is 11.6 Å². The van der Waals surface area contributed by atoms with E-state index in [9.17, 15) is 4.79 Å². The van der Waals surface area contributed by atoms with Crippen molar-refractivity contribution < 1.29 is 9.53 Å². The maximum atomic E-state index is 12.2. The lowest BCUT2D eigenvalue weighted by atomic mass is 9.82. The minimum atomic E-state index is -0.380. The van der Waals surface area contributed by atoms with Gasteiger partial charge in [0.2, 0.25) is 0 Å². The highest BCUT2D eigenvalue weighted by Crippen LogP contribution is 2.29. The molecule has 0 aromatic carbocycles. The van der Waals surface area contributed by atoms with E-state index in [1.807, 2.05) is 14.0 Å². The predicted molar refractivity (Wildman–Crippen MR) is 73.1 cm³/mol. The molecule has 1 aliphatic heterocycles. The number of aryl methyl sites for hydroxylation is 1. The largest absolute Gasteiger partial charge is 0.495 e.